The molecule has 0 aromatic carbocycles. The normalized spacial score (nSPS) is 12.7. The highest BCUT2D eigenvalue weighted by Crippen LogP contribution is 2.26. The van der Waals surface area contributed by atoms with Crippen molar-refractivity contribution in [2.75, 3.05) is 17.7 Å². The van der Waals surface area contributed by atoms with E-state index >= 15 is 0 Å². The van der Waals surface area contributed by atoms with Gasteiger partial charge < -0.3 is 11.5 Å². The molecule has 0 aliphatic heterocycles. The quantitative estimate of drug-likeness (QED) is 0.690. The molecule has 0 aliphatic carbocycles. The van der Waals surface area contributed by atoms with E-state index in [1.54, 1.807) is 0 Å². The van der Waals surface area contributed by atoms with Crippen LogP contribution in [0.2, 0.25) is 0 Å². The molecule has 8 heteroatoms. The molecule has 1 aromatic rings. The summed E-state index contributed by atoms with van der Waals surface area (Å²) in [4.78, 5) is 11.1. The minimum atomic E-state index is -3.35. The summed E-state index contributed by atoms with van der Waals surface area (Å²) in [6, 6.07) is 0. The molecule has 7 nitrogen and oxygen atoms in total. The molecule has 84 valence electrons. The fourth-order valence-corrected chi connectivity index (χ4v) is 1.27. The molecule has 0 aliphatic rings. The van der Waals surface area contributed by atoms with Gasteiger partial charge in [-0.05, 0) is 13.8 Å². The van der Waals surface area contributed by atoms with Gasteiger partial charge >= 0.3 is 0 Å². The SMILES string of the molecule is CC(C)(c1nc(N)nc(N)n1)S(C)(=O)=O. The summed E-state index contributed by atoms with van der Waals surface area (Å²) in [5.74, 6) is -0.126. The van der Waals surface area contributed by atoms with Gasteiger partial charge in [0.1, 0.15) is 4.75 Å². The maximum absolute atomic E-state index is 11.5. The molecule has 0 bridgehead atoms. The molecule has 0 spiro atoms. The number of anilines is 2. The van der Waals surface area contributed by atoms with Crippen LogP contribution in [0, 0.1) is 0 Å². The maximum Gasteiger partial charge on any atom is 0.225 e. The number of hydrogen-bond donors (Lipinski definition) is 2. The molecule has 0 amide bonds. The molecule has 0 saturated heterocycles. The maximum atomic E-state index is 11.5. The Morgan fingerprint density at radius 3 is 1.80 bits per heavy atom. The van der Waals surface area contributed by atoms with Gasteiger partial charge in [0.05, 0.1) is 0 Å². The highest BCUT2D eigenvalue weighted by molar-refractivity contribution is 7.91. The van der Waals surface area contributed by atoms with Crippen molar-refractivity contribution in [3.63, 3.8) is 0 Å². The van der Waals surface area contributed by atoms with Crippen molar-refractivity contribution in [2.24, 2.45) is 0 Å². The molecule has 0 fully saturated rings. The summed E-state index contributed by atoms with van der Waals surface area (Å²) in [6.45, 7) is 2.97. The third-order valence-corrected chi connectivity index (χ3v) is 4.17. The van der Waals surface area contributed by atoms with Crippen molar-refractivity contribution in [3.8, 4) is 0 Å². The third kappa shape index (κ3) is 2.14. The van der Waals surface area contributed by atoms with Crippen molar-refractivity contribution in [1.29, 1.82) is 0 Å². The Balaban J connectivity index is 3.40. The van der Waals surface area contributed by atoms with E-state index in [4.69, 9.17) is 11.5 Å². The van der Waals surface area contributed by atoms with Crippen LogP contribution in [0.1, 0.15) is 19.7 Å². The van der Waals surface area contributed by atoms with Crippen LogP contribution < -0.4 is 11.5 Å². The lowest BCUT2D eigenvalue weighted by Gasteiger charge is -2.20. The first kappa shape index (κ1) is 11.6. The second-order valence-corrected chi connectivity index (χ2v) is 6.22. The van der Waals surface area contributed by atoms with E-state index in [0.717, 1.165) is 6.26 Å². The average Bonchev–Trinajstić information content (AvgIpc) is 1.99. The van der Waals surface area contributed by atoms with Gasteiger partial charge in [-0.15, -0.1) is 0 Å². The van der Waals surface area contributed by atoms with E-state index in [1.165, 1.54) is 13.8 Å². The van der Waals surface area contributed by atoms with Gasteiger partial charge in [-0.1, -0.05) is 0 Å². The summed E-state index contributed by atoms with van der Waals surface area (Å²) in [6.07, 6.45) is 1.10. The topological polar surface area (TPSA) is 125 Å². The number of sulfone groups is 1. The monoisotopic (exact) mass is 231 g/mol. The van der Waals surface area contributed by atoms with Gasteiger partial charge in [-0.2, -0.15) is 15.0 Å². The summed E-state index contributed by atoms with van der Waals surface area (Å²) < 4.78 is 21.8. The first-order valence-corrected chi connectivity index (χ1v) is 6.01. The first-order chi connectivity index (χ1) is 6.64. The molecule has 1 rings (SSSR count). The smallest absolute Gasteiger partial charge is 0.225 e. The second-order valence-electron chi connectivity index (χ2n) is 3.66. The minimum Gasteiger partial charge on any atom is -0.368 e. The van der Waals surface area contributed by atoms with Gasteiger partial charge in [0.2, 0.25) is 11.9 Å². The zero-order valence-corrected chi connectivity index (χ0v) is 9.54. The first-order valence-electron chi connectivity index (χ1n) is 4.11. The fraction of sp³-hybridized carbons (Fsp3) is 0.571. The van der Waals surface area contributed by atoms with Crippen molar-refractivity contribution in [2.45, 2.75) is 18.6 Å². The van der Waals surface area contributed by atoms with E-state index in [1.807, 2.05) is 0 Å². The van der Waals surface area contributed by atoms with Crippen LogP contribution in [0.3, 0.4) is 0 Å². The lowest BCUT2D eigenvalue weighted by Crippen LogP contribution is -2.31. The van der Waals surface area contributed by atoms with E-state index < -0.39 is 14.6 Å². The molecule has 1 heterocycles. The molecule has 0 radical (unpaired) electrons. The Morgan fingerprint density at radius 2 is 1.47 bits per heavy atom. The molecular formula is C7H13N5O2S. The summed E-state index contributed by atoms with van der Waals surface area (Å²) in [7, 11) is -3.35. The van der Waals surface area contributed by atoms with Crippen molar-refractivity contribution >= 4 is 21.7 Å². The van der Waals surface area contributed by atoms with Crippen LogP contribution in [0.25, 0.3) is 0 Å². The molecule has 0 saturated carbocycles. The van der Waals surface area contributed by atoms with Gasteiger partial charge in [0.25, 0.3) is 0 Å². The third-order valence-electron chi connectivity index (χ3n) is 2.14. The average molecular weight is 231 g/mol. The van der Waals surface area contributed by atoms with E-state index in [9.17, 15) is 8.42 Å². The number of nitrogens with two attached hydrogens (primary N) is 2. The Hall–Kier alpha value is -1.44. The van der Waals surface area contributed by atoms with Gasteiger partial charge in [-0.3, -0.25) is 0 Å². The van der Waals surface area contributed by atoms with Crippen LogP contribution in [0.5, 0.6) is 0 Å². The highest BCUT2D eigenvalue weighted by atomic mass is 32.2. The van der Waals surface area contributed by atoms with Gasteiger partial charge in [-0.25, -0.2) is 8.42 Å². The zero-order valence-electron chi connectivity index (χ0n) is 8.72. The summed E-state index contributed by atoms with van der Waals surface area (Å²) in [5, 5.41) is 0. The van der Waals surface area contributed by atoms with E-state index in [2.05, 4.69) is 15.0 Å². The standard InChI is InChI=1S/C7H13N5O2S/c1-7(2,15(3,13)14)4-10-5(8)12-6(9)11-4/h1-3H3,(H4,8,9,10,11,12). The number of aromatic nitrogens is 3. The predicted octanol–water partition coefficient (Wildman–Crippen LogP) is -0.684. The molecule has 15 heavy (non-hydrogen) atoms. The Labute approximate surface area is 87.9 Å². The zero-order chi connectivity index (χ0) is 11.9. The van der Waals surface area contributed by atoms with Crippen LogP contribution in [0.15, 0.2) is 0 Å². The number of rotatable bonds is 2. The Morgan fingerprint density at radius 1 is 1.07 bits per heavy atom. The molecule has 4 N–H and O–H groups in total. The Kier molecular flexibility index (Phi) is 2.56. The van der Waals surface area contributed by atoms with E-state index in [-0.39, 0.29) is 17.7 Å². The minimum absolute atomic E-state index is 0.0509. The van der Waals surface area contributed by atoms with Crippen LogP contribution in [-0.2, 0) is 14.6 Å². The fourth-order valence-electron chi connectivity index (χ4n) is 0.844. The van der Waals surface area contributed by atoms with Crippen LogP contribution in [0.4, 0.5) is 11.9 Å². The Bertz CT molecular complexity index is 462. The van der Waals surface area contributed by atoms with Crippen molar-refractivity contribution in [1.82, 2.24) is 15.0 Å². The lowest BCUT2D eigenvalue weighted by atomic mass is 10.2. The molecule has 1 aromatic heterocycles. The molecule has 0 atom stereocenters. The molecular weight excluding hydrogens is 218 g/mol. The molecule has 0 unspecified atom stereocenters. The number of nitrogens with zero attached hydrogens (tertiary/aromatic N) is 3. The van der Waals surface area contributed by atoms with Crippen molar-refractivity contribution in [3.05, 3.63) is 5.82 Å². The summed E-state index contributed by atoms with van der Waals surface area (Å²) >= 11 is 0. The van der Waals surface area contributed by atoms with Crippen molar-refractivity contribution < 1.29 is 8.42 Å². The predicted molar refractivity (Wildman–Crippen MR) is 56.5 cm³/mol. The van der Waals surface area contributed by atoms with Crippen LogP contribution in [-0.4, -0.2) is 29.6 Å². The lowest BCUT2D eigenvalue weighted by molar-refractivity contribution is 0.550. The summed E-state index contributed by atoms with van der Waals surface area (Å²) in [5.41, 5.74) is 10.7. The second kappa shape index (κ2) is 3.30. The van der Waals surface area contributed by atoms with Gasteiger partial charge in [0.15, 0.2) is 15.7 Å². The van der Waals surface area contributed by atoms with E-state index in [0.29, 0.717) is 0 Å². The largest absolute Gasteiger partial charge is 0.368 e. The highest BCUT2D eigenvalue weighted by Gasteiger charge is 2.36. The van der Waals surface area contributed by atoms with Gasteiger partial charge in [0, 0.05) is 6.26 Å². The number of hydrogen-bond acceptors (Lipinski definition) is 7. The number of nitrogen functional groups attached to an aromatic ring is 2. The van der Waals surface area contributed by atoms with Crippen LogP contribution >= 0.6 is 0 Å².